The Morgan fingerprint density at radius 2 is 1.74 bits per heavy atom. The zero-order valence-corrected chi connectivity index (χ0v) is 13.8. The van der Waals surface area contributed by atoms with Crippen LogP contribution in [0.2, 0.25) is 0 Å². The molecule has 7 heteroatoms. The highest BCUT2D eigenvalue weighted by Gasteiger charge is 2.15. The van der Waals surface area contributed by atoms with Crippen LogP contribution in [0.15, 0.2) is 73.0 Å². The molecule has 4 rings (SSSR count). The van der Waals surface area contributed by atoms with Crippen molar-refractivity contribution in [2.24, 2.45) is 0 Å². The van der Waals surface area contributed by atoms with Crippen LogP contribution in [0.5, 0.6) is 5.75 Å². The molecule has 0 amide bonds. The quantitative estimate of drug-likeness (QED) is 0.440. The monoisotopic (exact) mass is 364 g/mol. The van der Waals surface area contributed by atoms with Crippen LogP contribution in [-0.4, -0.2) is 11.1 Å². The fourth-order valence-electron chi connectivity index (χ4n) is 2.76. The minimum absolute atomic E-state index is 0.0577. The first-order valence-corrected chi connectivity index (χ1v) is 7.97. The van der Waals surface area contributed by atoms with Crippen molar-refractivity contribution in [3.63, 3.8) is 0 Å². The number of benzene rings is 2. The fraction of sp³-hybridized carbons (Fsp3) is 0.0500. The van der Waals surface area contributed by atoms with Gasteiger partial charge in [0, 0.05) is 29.1 Å². The Morgan fingerprint density at radius 3 is 2.59 bits per heavy atom. The summed E-state index contributed by atoms with van der Waals surface area (Å²) in [5, 5.41) is 10.4. The molecule has 0 unspecified atom stereocenters. The van der Waals surface area contributed by atoms with E-state index >= 15 is 0 Å². The Labute approximate surface area is 151 Å². The van der Waals surface area contributed by atoms with E-state index in [1.807, 2.05) is 0 Å². The lowest BCUT2D eigenvalue weighted by molar-refractivity contribution is 0.0438. The highest BCUT2D eigenvalue weighted by Crippen LogP contribution is 2.22. The minimum atomic E-state index is -0.835. The van der Waals surface area contributed by atoms with Crippen molar-refractivity contribution in [2.45, 2.75) is 6.61 Å². The lowest BCUT2D eigenvalue weighted by Crippen LogP contribution is -2.11. The van der Waals surface area contributed by atoms with Crippen LogP contribution >= 0.6 is 0 Å². The Kier molecular flexibility index (Phi) is 3.97. The molecule has 2 heterocycles. The van der Waals surface area contributed by atoms with Crippen molar-refractivity contribution < 1.29 is 23.5 Å². The van der Waals surface area contributed by atoms with E-state index in [1.165, 1.54) is 18.2 Å². The maximum absolute atomic E-state index is 12.3. The largest absolute Gasteiger partial charge is 0.508 e. The van der Waals surface area contributed by atoms with Gasteiger partial charge in [-0.25, -0.2) is 9.59 Å². The van der Waals surface area contributed by atoms with Crippen LogP contribution < -0.4 is 11.1 Å². The van der Waals surface area contributed by atoms with Crippen molar-refractivity contribution in [3.8, 4) is 5.75 Å². The van der Waals surface area contributed by atoms with Crippen molar-refractivity contribution in [1.29, 1.82) is 0 Å². The summed E-state index contributed by atoms with van der Waals surface area (Å²) in [6.07, 6.45) is 0. The average Bonchev–Trinajstić information content (AvgIpc) is 2.65. The van der Waals surface area contributed by atoms with Crippen LogP contribution in [0.1, 0.15) is 16.1 Å². The number of hydrogen-bond acceptors (Lipinski definition) is 7. The van der Waals surface area contributed by atoms with Gasteiger partial charge >= 0.3 is 11.6 Å². The Bertz CT molecular complexity index is 1300. The SMILES string of the molecule is O=C(OCc1cc(=O)oc2cc(O)ccc12)c1cc(=O)c2ccccc2o1. The highest BCUT2D eigenvalue weighted by molar-refractivity contribution is 5.89. The molecule has 2 aromatic heterocycles. The second-order valence-electron chi connectivity index (χ2n) is 5.82. The second kappa shape index (κ2) is 6.45. The van der Waals surface area contributed by atoms with Gasteiger partial charge in [0.15, 0.2) is 5.43 Å². The maximum Gasteiger partial charge on any atom is 0.374 e. The van der Waals surface area contributed by atoms with Gasteiger partial charge in [-0.05, 0) is 24.3 Å². The molecular formula is C20H12O7. The van der Waals surface area contributed by atoms with E-state index in [1.54, 1.807) is 30.3 Å². The van der Waals surface area contributed by atoms with E-state index in [4.69, 9.17) is 13.6 Å². The van der Waals surface area contributed by atoms with Crippen molar-refractivity contribution in [3.05, 3.63) is 86.6 Å². The maximum atomic E-state index is 12.3. The molecule has 0 atom stereocenters. The number of ether oxygens (including phenoxy) is 1. The normalized spacial score (nSPS) is 11.0. The van der Waals surface area contributed by atoms with Crippen LogP contribution in [0.4, 0.5) is 0 Å². The van der Waals surface area contributed by atoms with Gasteiger partial charge in [-0.2, -0.15) is 0 Å². The molecule has 7 nitrogen and oxygen atoms in total. The van der Waals surface area contributed by atoms with Gasteiger partial charge in [-0.1, -0.05) is 12.1 Å². The van der Waals surface area contributed by atoms with E-state index in [2.05, 4.69) is 0 Å². The predicted molar refractivity (Wildman–Crippen MR) is 95.8 cm³/mol. The molecule has 0 saturated heterocycles. The number of para-hydroxylation sites is 1. The molecule has 0 aliphatic heterocycles. The standard InChI is InChI=1S/C20H12O7/c21-12-5-6-13-11(7-19(23)27-17(13)8-12)10-25-20(24)18-9-15(22)14-3-1-2-4-16(14)26-18/h1-9,21H,10H2. The number of carbonyl (C=O) groups is 1. The minimum Gasteiger partial charge on any atom is -0.508 e. The molecule has 4 aromatic rings. The number of fused-ring (bicyclic) bond motifs is 2. The van der Waals surface area contributed by atoms with E-state index in [0.29, 0.717) is 16.3 Å². The molecule has 0 spiro atoms. The van der Waals surface area contributed by atoms with E-state index in [-0.39, 0.29) is 34.7 Å². The first-order valence-electron chi connectivity index (χ1n) is 7.97. The molecule has 1 N–H and O–H groups in total. The lowest BCUT2D eigenvalue weighted by Gasteiger charge is -2.07. The van der Waals surface area contributed by atoms with Gasteiger partial charge in [0.05, 0.1) is 5.39 Å². The smallest absolute Gasteiger partial charge is 0.374 e. The molecule has 0 bridgehead atoms. The molecule has 27 heavy (non-hydrogen) atoms. The molecule has 0 aliphatic rings. The van der Waals surface area contributed by atoms with Gasteiger partial charge in [0.2, 0.25) is 5.76 Å². The average molecular weight is 364 g/mol. The zero-order valence-electron chi connectivity index (χ0n) is 13.8. The second-order valence-corrected chi connectivity index (χ2v) is 5.82. The van der Waals surface area contributed by atoms with Gasteiger partial charge in [0.1, 0.15) is 23.5 Å². The first-order chi connectivity index (χ1) is 13.0. The number of phenols is 1. The number of phenolic OH excluding ortho intramolecular Hbond substituents is 1. The Balaban J connectivity index is 1.64. The topological polar surface area (TPSA) is 107 Å². The molecule has 2 aromatic carbocycles. The first kappa shape index (κ1) is 16.6. The zero-order chi connectivity index (χ0) is 19.0. The summed E-state index contributed by atoms with van der Waals surface area (Å²) in [5.41, 5.74) is -0.150. The third-order valence-electron chi connectivity index (χ3n) is 4.01. The Morgan fingerprint density at radius 1 is 0.926 bits per heavy atom. The summed E-state index contributed by atoms with van der Waals surface area (Å²) in [4.78, 5) is 36.0. The van der Waals surface area contributed by atoms with Gasteiger partial charge in [-0.15, -0.1) is 0 Å². The molecule has 0 aliphatic carbocycles. The molecular weight excluding hydrogens is 352 g/mol. The van der Waals surface area contributed by atoms with Crippen LogP contribution in [0.25, 0.3) is 21.9 Å². The van der Waals surface area contributed by atoms with Gasteiger partial charge in [0.25, 0.3) is 0 Å². The van der Waals surface area contributed by atoms with Crippen molar-refractivity contribution >= 4 is 27.9 Å². The van der Waals surface area contributed by atoms with E-state index in [0.717, 1.165) is 6.07 Å². The number of esters is 1. The summed E-state index contributed by atoms with van der Waals surface area (Å²) in [6.45, 7) is -0.234. The number of hydrogen-bond donors (Lipinski definition) is 1. The third-order valence-corrected chi connectivity index (χ3v) is 4.01. The summed E-state index contributed by atoms with van der Waals surface area (Å²) < 4.78 is 15.7. The van der Waals surface area contributed by atoms with Crippen LogP contribution in [0.3, 0.4) is 0 Å². The summed E-state index contributed by atoms with van der Waals surface area (Å²) in [7, 11) is 0. The molecule has 134 valence electrons. The molecule has 0 radical (unpaired) electrons. The van der Waals surface area contributed by atoms with Crippen molar-refractivity contribution in [1.82, 2.24) is 0 Å². The fourth-order valence-corrected chi connectivity index (χ4v) is 2.76. The highest BCUT2D eigenvalue weighted by atomic mass is 16.5. The summed E-state index contributed by atoms with van der Waals surface area (Å²) in [6, 6.07) is 13.1. The Hall–Kier alpha value is -3.87. The summed E-state index contributed by atoms with van der Waals surface area (Å²) in [5.74, 6) is -1.13. The lowest BCUT2D eigenvalue weighted by atomic mass is 10.1. The van der Waals surface area contributed by atoms with E-state index < -0.39 is 11.6 Å². The van der Waals surface area contributed by atoms with Gasteiger partial charge in [-0.3, -0.25) is 4.79 Å². The molecule has 0 saturated carbocycles. The summed E-state index contributed by atoms with van der Waals surface area (Å²) >= 11 is 0. The number of carbonyl (C=O) groups excluding carboxylic acids is 1. The van der Waals surface area contributed by atoms with Crippen LogP contribution in [0, 0.1) is 0 Å². The predicted octanol–water partition coefficient (Wildman–Crippen LogP) is 2.96. The molecule has 0 fully saturated rings. The number of aromatic hydroxyl groups is 1. The van der Waals surface area contributed by atoms with Crippen molar-refractivity contribution in [2.75, 3.05) is 0 Å². The van der Waals surface area contributed by atoms with Crippen LogP contribution in [-0.2, 0) is 11.3 Å². The van der Waals surface area contributed by atoms with Gasteiger partial charge < -0.3 is 18.7 Å². The third kappa shape index (κ3) is 3.18. The van der Waals surface area contributed by atoms with E-state index in [9.17, 15) is 19.5 Å². The number of rotatable bonds is 3.